The topological polar surface area (TPSA) is 0 Å². The van der Waals surface area contributed by atoms with Gasteiger partial charge in [-0.3, -0.25) is 0 Å². The molecule has 0 unspecified atom stereocenters. The summed E-state index contributed by atoms with van der Waals surface area (Å²) in [6, 6.07) is 0. The highest BCUT2D eigenvalue weighted by atomic mass is 28.3. The molecule has 0 saturated heterocycles. The van der Waals surface area contributed by atoms with Crippen molar-refractivity contribution in [2.24, 2.45) is 0 Å². The van der Waals surface area contributed by atoms with Crippen LogP contribution in [-0.2, 0) is 0 Å². The predicted octanol–water partition coefficient (Wildman–Crippen LogP) is 2.14. The Bertz CT molecular complexity index is 92.6. The Balaban J connectivity index is 3.48. The van der Waals surface area contributed by atoms with Crippen molar-refractivity contribution in [3.05, 3.63) is 24.4 Å². The van der Waals surface area contributed by atoms with E-state index in [1.165, 1.54) is 5.20 Å². The second kappa shape index (κ2) is 3.67. The average molecular weight is 126 g/mol. The van der Waals surface area contributed by atoms with Gasteiger partial charge in [0.15, 0.2) is 0 Å². The summed E-state index contributed by atoms with van der Waals surface area (Å²) in [6.45, 7) is 12.1. The molecule has 0 rings (SSSR count). The SMILES string of the molecule is C=CCC(=C)[SiH](C)C. The normalized spacial score (nSPS) is 9.38. The van der Waals surface area contributed by atoms with Crippen LogP contribution in [0.1, 0.15) is 6.42 Å². The second-order valence-corrected chi connectivity index (χ2v) is 5.43. The average Bonchev–Trinajstić information content (AvgIpc) is 1.67. The standard InChI is InChI=1S/C7H14Si/c1-5-6-7(2)8(3)4/h5,8H,1-2,6H2,3-4H3. The maximum absolute atomic E-state index is 3.93. The zero-order chi connectivity index (χ0) is 6.57. The summed E-state index contributed by atoms with van der Waals surface area (Å²) in [6.07, 6.45) is 2.94. The third kappa shape index (κ3) is 2.80. The van der Waals surface area contributed by atoms with E-state index in [9.17, 15) is 0 Å². The predicted molar refractivity (Wildman–Crippen MR) is 42.8 cm³/mol. The van der Waals surface area contributed by atoms with Gasteiger partial charge in [-0.1, -0.05) is 24.4 Å². The van der Waals surface area contributed by atoms with Crippen LogP contribution in [0.3, 0.4) is 0 Å². The van der Waals surface area contributed by atoms with Crippen molar-refractivity contribution in [1.82, 2.24) is 0 Å². The van der Waals surface area contributed by atoms with E-state index in [-0.39, 0.29) is 0 Å². The highest BCUT2D eigenvalue weighted by Crippen LogP contribution is 2.02. The molecule has 0 radical (unpaired) electrons. The molecule has 0 aliphatic heterocycles. The van der Waals surface area contributed by atoms with Crippen LogP contribution < -0.4 is 0 Å². The summed E-state index contributed by atoms with van der Waals surface area (Å²) < 4.78 is 0. The molecular weight excluding hydrogens is 112 g/mol. The number of allylic oxidation sites excluding steroid dienone is 2. The van der Waals surface area contributed by atoms with Crippen LogP contribution in [-0.4, -0.2) is 8.80 Å². The molecule has 0 bridgehead atoms. The third-order valence-electron chi connectivity index (χ3n) is 1.22. The van der Waals surface area contributed by atoms with Crippen LogP contribution >= 0.6 is 0 Å². The molecule has 8 heavy (non-hydrogen) atoms. The van der Waals surface area contributed by atoms with Crippen molar-refractivity contribution >= 4 is 8.80 Å². The third-order valence-corrected chi connectivity index (χ3v) is 3.09. The Morgan fingerprint density at radius 3 is 2.25 bits per heavy atom. The summed E-state index contributed by atoms with van der Waals surface area (Å²) in [5.41, 5.74) is 0. The van der Waals surface area contributed by atoms with Crippen molar-refractivity contribution in [3.63, 3.8) is 0 Å². The molecule has 46 valence electrons. The highest BCUT2D eigenvalue weighted by molar-refractivity contribution is 6.63. The lowest BCUT2D eigenvalue weighted by Crippen LogP contribution is -2.02. The number of rotatable bonds is 3. The lowest BCUT2D eigenvalue weighted by atomic mass is 10.4. The molecule has 0 spiro atoms. The summed E-state index contributed by atoms with van der Waals surface area (Å²) in [7, 11) is -0.548. The summed E-state index contributed by atoms with van der Waals surface area (Å²) in [4.78, 5) is 0. The van der Waals surface area contributed by atoms with Crippen LogP contribution in [0.4, 0.5) is 0 Å². The highest BCUT2D eigenvalue weighted by Gasteiger charge is 1.96. The lowest BCUT2D eigenvalue weighted by Gasteiger charge is -2.02. The van der Waals surface area contributed by atoms with Gasteiger partial charge in [0.25, 0.3) is 0 Å². The van der Waals surface area contributed by atoms with E-state index >= 15 is 0 Å². The summed E-state index contributed by atoms with van der Waals surface area (Å²) in [5.74, 6) is 0. The second-order valence-electron chi connectivity index (χ2n) is 2.31. The van der Waals surface area contributed by atoms with Crippen LogP contribution in [0.2, 0.25) is 13.1 Å². The van der Waals surface area contributed by atoms with Crippen molar-refractivity contribution in [3.8, 4) is 0 Å². The molecule has 0 fully saturated rings. The van der Waals surface area contributed by atoms with Gasteiger partial charge >= 0.3 is 0 Å². The van der Waals surface area contributed by atoms with Crippen molar-refractivity contribution in [2.45, 2.75) is 19.5 Å². The van der Waals surface area contributed by atoms with E-state index in [0.29, 0.717) is 0 Å². The first-order chi connectivity index (χ1) is 3.68. The Morgan fingerprint density at radius 2 is 2.12 bits per heavy atom. The van der Waals surface area contributed by atoms with E-state index < -0.39 is 8.80 Å². The van der Waals surface area contributed by atoms with E-state index in [1.54, 1.807) is 0 Å². The van der Waals surface area contributed by atoms with Crippen molar-refractivity contribution in [2.75, 3.05) is 0 Å². The Hall–Kier alpha value is -0.303. The minimum absolute atomic E-state index is 0.548. The molecule has 0 N–H and O–H groups in total. The molecule has 1 heteroatoms. The Morgan fingerprint density at radius 1 is 1.62 bits per heavy atom. The zero-order valence-corrected chi connectivity index (χ0v) is 6.93. The first-order valence-corrected chi connectivity index (χ1v) is 5.85. The van der Waals surface area contributed by atoms with Crippen LogP contribution in [0.5, 0.6) is 0 Å². The molecule has 0 aliphatic carbocycles. The van der Waals surface area contributed by atoms with E-state index in [4.69, 9.17) is 0 Å². The first-order valence-electron chi connectivity index (χ1n) is 2.97. The Labute approximate surface area is 53.5 Å². The largest absolute Gasteiger partial charge is 0.104 e. The molecule has 0 saturated carbocycles. The van der Waals surface area contributed by atoms with Gasteiger partial charge in [0, 0.05) is 0 Å². The van der Waals surface area contributed by atoms with Gasteiger partial charge in [-0.05, 0) is 6.42 Å². The fraction of sp³-hybridized carbons (Fsp3) is 0.429. The summed E-state index contributed by atoms with van der Waals surface area (Å²) in [5, 5.41) is 1.40. The molecule has 0 amide bonds. The van der Waals surface area contributed by atoms with Crippen LogP contribution in [0, 0.1) is 0 Å². The number of hydrogen-bond donors (Lipinski definition) is 0. The van der Waals surface area contributed by atoms with Gasteiger partial charge in [-0.25, -0.2) is 0 Å². The molecule has 0 aromatic carbocycles. The molecule has 0 aromatic rings. The maximum atomic E-state index is 3.93. The molecule has 0 atom stereocenters. The molecule has 0 nitrogen and oxygen atoms in total. The Kier molecular flexibility index (Phi) is 3.53. The molecular formula is C7H14Si. The van der Waals surface area contributed by atoms with E-state index in [2.05, 4.69) is 26.3 Å². The van der Waals surface area contributed by atoms with Crippen LogP contribution in [0.15, 0.2) is 24.4 Å². The quantitative estimate of drug-likeness (QED) is 0.401. The lowest BCUT2D eigenvalue weighted by molar-refractivity contribution is 1.35. The monoisotopic (exact) mass is 126 g/mol. The van der Waals surface area contributed by atoms with Gasteiger partial charge in [-0.15, -0.1) is 13.2 Å². The van der Waals surface area contributed by atoms with E-state index in [1.807, 2.05) is 6.08 Å². The van der Waals surface area contributed by atoms with Gasteiger partial charge in [0.1, 0.15) is 0 Å². The fourth-order valence-corrected chi connectivity index (χ4v) is 1.06. The van der Waals surface area contributed by atoms with Gasteiger partial charge in [0.05, 0.1) is 8.80 Å². The smallest absolute Gasteiger partial charge is 0.0592 e. The van der Waals surface area contributed by atoms with Crippen molar-refractivity contribution < 1.29 is 0 Å². The molecule has 0 heterocycles. The minimum Gasteiger partial charge on any atom is -0.104 e. The first kappa shape index (κ1) is 7.70. The van der Waals surface area contributed by atoms with Gasteiger partial charge in [-0.2, -0.15) is 0 Å². The molecule has 0 aliphatic rings. The van der Waals surface area contributed by atoms with E-state index in [0.717, 1.165) is 6.42 Å². The van der Waals surface area contributed by atoms with Crippen molar-refractivity contribution in [1.29, 1.82) is 0 Å². The van der Waals surface area contributed by atoms with Crippen LogP contribution in [0.25, 0.3) is 0 Å². The maximum Gasteiger partial charge on any atom is 0.0592 e. The van der Waals surface area contributed by atoms with Gasteiger partial charge in [0.2, 0.25) is 0 Å². The van der Waals surface area contributed by atoms with Gasteiger partial charge < -0.3 is 0 Å². The zero-order valence-electron chi connectivity index (χ0n) is 5.78. The minimum atomic E-state index is -0.548. The summed E-state index contributed by atoms with van der Waals surface area (Å²) >= 11 is 0. The molecule has 0 aromatic heterocycles. The number of hydrogen-bond acceptors (Lipinski definition) is 0. The fourth-order valence-electron chi connectivity index (χ4n) is 0.421.